The topological polar surface area (TPSA) is 151 Å². The molecule has 6 N–H and O–H groups in total. The first-order chi connectivity index (χ1) is 13.3. The fourth-order valence-electron chi connectivity index (χ4n) is 3.13. The number of ether oxygens (including phenoxy) is 1. The molecule has 1 saturated heterocycles. The van der Waals surface area contributed by atoms with Crippen LogP contribution in [0.5, 0.6) is 0 Å². The molecule has 3 rings (SSSR count). The van der Waals surface area contributed by atoms with Crippen molar-refractivity contribution >= 4 is 16.9 Å². The molecule has 5 atom stereocenters. The Morgan fingerprint density at radius 2 is 2.00 bits per heavy atom. The fourth-order valence-corrected chi connectivity index (χ4v) is 3.13. The minimum atomic E-state index is -1.48. The number of hydrogen-bond donors (Lipinski definition) is 6. The first-order valence-corrected chi connectivity index (χ1v) is 9.05. The quantitative estimate of drug-likeness (QED) is 0.342. The van der Waals surface area contributed by atoms with Crippen molar-refractivity contribution in [2.75, 3.05) is 33.8 Å². The molecule has 0 unspecified atom stereocenters. The Morgan fingerprint density at radius 1 is 1.25 bits per heavy atom. The summed E-state index contributed by atoms with van der Waals surface area (Å²) in [5.74, 6) is 0.0183. The van der Waals surface area contributed by atoms with Crippen LogP contribution in [-0.2, 0) is 4.74 Å². The number of likely N-dealkylation sites (N-methyl/N-ethyl adjacent to an activating group) is 1. The Hall–Kier alpha value is -2.08. The average molecular weight is 394 g/mol. The lowest BCUT2D eigenvalue weighted by Gasteiger charge is -2.39. The molecule has 10 heteroatoms. The van der Waals surface area contributed by atoms with Crippen LogP contribution < -0.4 is 5.32 Å². The molecule has 2 aromatic rings. The van der Waals surface area contributed by atoms with Crippen LogP contribution >= 0.6 is 0 Å². The summed E-state index contributed by atoms with van der Waals surface area (Å²) >= 11 is 0. The number of rotatable bonds is 6. The van der Waals surface area contributed by atoms with Gasteiger partial charge in [0.1, 0.15) is 36.3 Å². The summed E-state index contributed by atoms with van der Waals surface area (Å²) in [6, 6.07) is 4.95. The van der Waals surface area contributed by atoms with E-state index in [1.54, 1.807) is 18.2 Å². The van der Waals surface area contributed by atoms with E-state index < -0.39 is 37.1 Å². The summed E-state index contributed by atoms with van der Waals surface area (Å²) in [6.45, 7) is 0.723. The molecule has 0 bridgehead atoms. The predicted molar refractivity (Wildman–Crippen MR) is 99.7 cm³/mol. The minimum absolute atomic E-state index is 0.215. The van der Waals surface area contributed by atoms with Crippen LogP contribution in [0.1, 0.15) is 22.3 Å². The maximum atomic E-state index is 12.3. The van der Waals surface area contributed by atoms with Gasteiger partial charge in [-0.3, -0.25) is 4.79 Å². The van der Waals surface area contributed by atoms with Gasteiger partial charge in [-0.25, -0.2) is 4.98 Å². The van der Waals surface area contributed by atoms with Gasteiger partial charge in [-0.05, 0) is 32.3 Å². The molecule has 2 heterocycles. The summed E-state index contributed by atoms with van der Waals surface area (Å²) in [5, 5.41) is 42.2. The fraction of sp³-hybridized carbons (Fsp3) is 0.556. The van der Waals surface area contributed by atoms with Crippen molar-refractivity contribution in [3.8, 4) is 0 Å². The SMILES string of the molecule is CN(C)CCNC(=O)c1ccc2nc([C@@H]3O[C@H](CO)[C@H](O)[C@H](O)[C@H]3O)[nH]c2c1. The molecule has 0 aliphatic carbocycles. The van der Waals surface area contributed by atoms with E-state index >= 15 is 0 Å². The second-order valence-electron chi connectivity index (χ2n) is 7.16. The van der Waals surface area contributed by atoms with Crippen LogP contribution in [0.2, 0.25) is 0 Å². The number of benzene rings is 1. The van der Waals surface area contributed by atoms with E-state index in [-0.39, 0.29) is 11.7 Å². The Morgan fingerprint density at radius 3 is 2.68 bits per heavy atom. The van der Waals surface area contributed by atoms with Crippen molar-refractivity contribution in [3.63, 3.8) is 0 Å². The first kappa shape index (κ1) is 20.6. The summed E-state index contributed by atoms with van der Waals surface area (Å²) < 4.78 is 5.51. The van der Waals surface area contributed by atoms with Crippen molar-refractivity contribution in [2.24, 2.45) is 0 Å². The Balaban J connectivity index is 1.79. The van der Waals surface area contributed by atoms with Crippen molar-refractivity contribution in [1.29, 1.82) is 0 Å². The molecule has 1 aliphatic rings. The van der Waals surface area contributed by atoms with Crippen LogP contribution in [0.25, 0.3) is 11.0 Å². The van der Waals surface area contributed by atoms with Gasteiger partial charge in [-0.1, -0.05) is 0 Å². The highest BCUT2D eigenvalue weighted by Gasteiger charge is 2.45. The third-order valence-electron chi connectivity index (χ3n) is 4.77. The van der Waals surface area contributed by atoms with Crippen molar-refractivity contribution in [2.45, 2.75) is 30.5 Å². The molecule has 1 amide bonds. The number of carbonyl (C=O) groups is 1. The Kier molecular flexibility index (Phi) is 6.28. The number of carbonyl (C=O) groups excluding carboxylic acids is 1. The lowest BCUT2D eigenvalue weighted by Crippen LogP contribution is -2.55. The molecule has 1 aromatic carbocycles. The molecule has 0 spiro atoms. The molecule has 28 heavy (non-hydrogen) atoms. The number of nitrogens with zero attached hydrogens (tertiary/aromatic N) is 2. The number of aromatic amines is 1. The second-order valence-corrected chi connectivity index (χ2v) is 7.16. The van der Waals surface area contributed by atoms with E-state index in [1.165, 1.54) is 0 Å². The van der Waals surface area contributed by atoms with Gasteiger partial charge >= 0.3 is 0 Å². The number of fused-ring (bicyclic) bond motifs is 1. The van der Waals surface area contributed by atoms with Gasteiger partial charge in [0.25, 0.3) is 5.91 Å². The molecule has 154 valence electrons. The van der Waals surface area contributed by atoms with E-state index in [9.17, 15) is 25.2 Å². The van der Waals surface area contributed by atoms with Crippen LogP contribution in [-0.4, -0.2) is 99.4 Å². The lowest BCUT2D eigenvalue weighted by molar-refractivity contribution is -0.233. The number of aliphatic hydroxyl groups excluding tert-OH is 4. The summed E-state index contributed by atoms with van der Waals surface area (Å²) in [4.78, 5) is 21.6. The predicted octanol–water partition coefficient (Wildman–Crippen LogP) is -1.63. The second kappa shape index (κ2) is 8.52. The maximum absolute atomic E-state index is 12.3. The van der Waals surface area contributed by atoms with Gasteiger partial charge in [0, 0.05) is 18.7 Å². The van der Waals surface area contributed by atoms with Crippen molar-refractivity contribution in [1.82, 2.24) is 20.2 Å². The molecule has 0 saturated carbocycles. The molecule has 0 radical (unpaired) electrons. The summed E-state index contributed by atoms with van der Waals surface area (Å²) in [7, 11) is 3.84. The molecule has 10 nitrogen and oxygen atoms in total. The molecule has 1 aromatic heterocycles. The molecule has 1 aliphatic heterocycles. The smallest absolute Gasteiger partial charge is 0.251 e. The van der Waals surface area contributed by atoms with Gasteiger partial charge in [0.15, 0.2) is 0 Å². The third kappa shape index (κ3) is 4.17. The highest BCUT2D eigenvalue weighted by molar-refractivity contribution is 5.97. The number of nitrogens with one attached hydrogen (secondary N) is 2. The molecular formula is C18H26N4O6. The summed E-state index contributed by atoms with van der Waals surface area (Å²) in [6.07, 6.45) is -6.41. The molecular weight excluding hydrogens is 368 g/mol. The number of H-pyrrole nitrogens is 1. The first-order valence-electron chi connectivity index (χ1n) is 9.05. The number of amides is 1. The average Bonchev–Trinajstić information content (AvgIpc) is 3.09. The van der Waals surface area contributed by atoms with E-state index in [2.05, 4.69) is 15.3 Å². The van der Waals surface area contributed by atoms with Gasteiger partial charge in [-0.15, -0.1) is 0 Å². The number of hydrogen-bond acceptors (Lipinski definition) is 8. The minimum Gasteiger partial charge on any atom is -0.394 e. The molecule has 1 fully saturated rings. The Bertz CT molecular complexity index is 824. The number of aromatic nitrogens is 2. The number of aliphatic hydroxyl groups is 4. The highest BCUT2D eigenvalue weighted by Crippen LogP contribution is 2.32. The van der Waals surface area contributed by atoms with Crippen LogP contribution in [0.3, 0.4) is 0 Å². The zero-order valence-electron chi connectivity index (χ0n) is 15.7. The van der Waals surface area contributed by atoms with Crippen LogP contribution in [0, 0.1) is 0 Å². The van der Waals surface area contributed by atoms with Crippen molar-refractivity contribution in [3.05, 3.63) is 29.6 Å². The largest absolute Gasteiger partial charge is 0.394 e. The van der Waals surface area contributed by atoms with Gasteiger partial charge in [0.05, 0.1) is 17.6 Å². The van der Waals surface area contributed by atoms with E-state index in [0.717, 1.165) is 6.54 Å². The van der Waals surface area contributed by atoms with Crippen LogP contribution in [0.4, 0.5) is 0 Å². The summed E-state index contributed by atoms with van der Waals surface area (Å²) in [5.41, 5.74) is 1.57. The third-order valence-corrected chi connectivity index (χ3v) is 4.77. The normalized spacial score (nSPS) is 28.0. The maximum Gasteiger partial charge on any atom is 0.251 e. The highest BCUT2D eigenvalue weighted by atomic mass is 16.5. The Labute approximate surface area is 161 Å². The van der Waals surface area contributed by atoms with Crippen LogP contribution in [0.15, 0.2) is 18.2 Å². The number of imidazole rings is 1. The van der Waals surface area contributed by atoms with E-state index in [0.29, 0.717) is 23.1 Å². The monoisotopic (exact) mass is 394 g/mol. The van der Waals surface area contributed by atoms with Gasteiger partial charge < -0.3 is 40.4 Å². The zero-order valence-corrected chi connectivity index (χ0v) is 15.7. The van der Waals surface area contributed by atoms with Gasteiger partial charge in [-0.2, -0.15) is 0 Å². The lowest BCUT2D eigenvalue weighted by atomic mass is 9.95. The zero-order chi connectivity index (χ0) is 20.4. The van der Waals surface area contributed by atoms with Crippen molar-refractivity contribution < 1.29 is 30.0 Å². The van der Waals surface area contributed by atoms with E-state index in [4.69, 9.17) is 4.74 Å². The van der Waals surface area contributed by atoms with Gasteiger partial charge in [0.2, 0.25) is 0 Å². The van der Waals surface area contributed by atoms with E-state index in [1.807, 2.05) is 19.0 Å². The standard InChI is InChI=1S/C18H26N4O6/c1-22(2)6-5-19-18(27)9-3-4-10-11(7-9)21-17(20-10)16-15(26)14(25)13(24)12(8-23)28-16/h3-4,7,12-16,23-26H,5-6,8H2,1-2H3,(H,19,27)(H,20,21)/t12-,13+,14+,15-,16-/m1/s1.